The third-order valence-electron chi connectivity index (χ3n) is 3.34. The van der Waals surface area contributed by atoms with Gasteiger partial charge >= 0.3 is 0 Å². The summed E-state index contributed by atoms with van der Waals surface area (Å²) in [5, 5.41) is 5.55. The van der Waals surface area contributed by atoms with Gasteiger partial charge in [-0.05, 0) is 36.4 Å². The van der Waals surface area contributed by atoms with E-state index in [0.717, 1.165) is 11.4 Å². The van der Waals surface area contributed by atoms with Crippen molar-refractivity contribution in [2.45, 2.75) is 6.42 Å². The predicted molar refractivity (Wildman–Crippen MR) is 92.8 cm³/mol. The van der Waals surface area contributed by atoms with Gasteiger partial charge in [0.2, 0.25) is 5.91 Å². The Labute approximate surface area is 136 Å². The van der Waals surface area contributed by atoms with Crippen molar-refractivity contribution in [3.05, 3.63) is 60.2 Å². The summed E-state index contributed by atoms with van der Waals surface area (Å²) in [6, 6.07) is 16.5. The number of benzene rings is 2. The van der Waals surface area contributed by atoms with E-state index >= 15 is 0 Å². The Morgan fingerprint density at radius 3 is 2.22 bits per heavy atom. The number of nitrogens with zero attached hydrogens (tertiary/aromatic N) is 1. The number of rotatable bonds is 6. The van der Waals surface area contributed by atoms with Crippen LogP contribution in [0.4, 0.5) is 11.4 Å². The van der Waals surface area contributed by atoms with Crippen LogP contribution in [-0.2, 0) is 4.79 Å². The molecule has 0 bridgehead atoms. The van der Waals surface area contributed by atoms with E-state index in [-0.39, 0.29) is 18.2 Å². The molecule has 120 valence electrons. The van der Waals surface area contributed by atoms with Crippen LogP contribution >= 0.6 is 0 Å². The average Bonchev–Trinajstić information content (AvgIpc) is 2.56. The molecular weight excluding hydrogens is 290 g/mol. The molecule has 0 aliphatic heterocycles. The lowest BCUT2D eigenvalue weighted by molar-refractivity contribution is -0.116. The predicted octanol–water partition coefficient (Wildman–Crippen LogP) is 2.51. The molecule has 0 aromatic heterocycles. The number of anilines is 2. The molecule has 5 heteroatoms. The lowest BCUT2D eigenvalue weighted by atomic mass is 10.2. The Morgan fingerprint density at radius 1 is 0.957 bits per heavy atom. The molecule has 2 N–H and O–H groups in total. The summed E-state index contributed by atoms with van der Waals surface area (Å²) in [7, 11) is 3.92. The quantitative estimate of drug-likeness (QED) is 0.861. The topological polar surface area (TPSA) is 61.4 Å². The third-order valence-corrected chi connectivity index (χ3v) is 3.34. The molecule has 0 heterocycles. The molecule has 2 rings (SSSR count). The number of carbonyl (C=O) groups excluding carboxylic acids is 2. The van der Waals surface area contributed by atoms with Gasteiger partial charge in [-0.3, -0.25) is 9.59 Å². The first-order valence-electron chi connectivity index (χ1n) is 7.47. The highest BCUT2D eigenvalue weighted by molar-refractivity contribution is 5.95. The SMILES string of the molecule is CN(C)c1ccc(NC(=O)CCNC(=O)c2ccccc2)cc1. The highest BCUT2D eigenvalue weighted by Crippen LogP contribution is 2.15. The summed E-state index contributed by atoms with van der Waals surface area (Å²) in [6.45, 7) is 0.301. The molecule has 0 saturated heterocycles. The Morgan fingerprint density at radius 2 is 1.61 bits per heavy atom. The second-order valence-corrected chi connectivity index (χ2v) is 5.36. The molecule has 0 spiro atoms. The Hall–Kier alpha value is -2.82. The summed E-state index contributed by atoms with van der Waals surface area (Å²) < 4.78 is 0. The van der Waals surface area contributed by atoms with Gasteiger partial charge in [0, 0.05) is 44.0 Å². The normalized spacial score (nSPS) is 10.0. The highest BCUT2D eigenvalue weighted by Gasteiger charge is 2.06. The Balaban J connectivity index is 1.76. The molecule has 0 aliphatic carbocycles. The first kappa shape index (κ1) is 16.5. The van der Waals surface area contributed by atoms with Gasteiger partial charge in [0.05, 0.1) is 0 Å². The van der Waals surface area contributed by atoms with Crippen LogP contribution in [0.2, 0.25) is 0 Å². The minimum absolute atomic E-state index is 0.129. The fourth-order valence-corrected chi connectivity index (χ4v) is 2.05. The minimum atomic E-state index is -0.172. The molecule has 0 radical (unpaired) electrons. The standard InChI is InChI=1S/C18H21N3O2/c1-21(2)16-10-8-15(9-11-16)20-17(22)12-13-19-18(23)14-6-4-3-5-7-14/h3-11H,12-13H2,1-2H3,(H,19,23)(H,20,22). The molecule has 2 aromatic carbocycles. The fraction of sp³-hybridized carbons (Fsp3) is 0.222. The van der Waals surface area contributed by atoms with E-state index in [1.165, 1.54) is 0 Å². The fourth-order valence-electron chi connectivity index (χ4n) is 2.05. The van der Waals surface area contributed by atoms with E-state index in [0.29, 0.717) is 12.1 Å². The van der Waals surface area contributed by atoms with Crippen LogP contribution in [0.1, 0.15) is 16.8 Å². The average molecular weight is 311 g/mol. The van der Waals surface area contributed by atoms with E-state index in [4.69, 9.17) is 0 Å². The zero-order chi connectivity index (χ0) is 16.7. The van der Waals surface area contributed by atoms with Crippen molar-refractivity contribution in [2.75, 3.05) is 30.9 Å². The second kappa shape index (κ2) is 7.98. The van der Waals surface area contributed by atoms with Crippen molar-refractivity contribution in [3.63, 3.8) is 0 Å². The van der Waals surface area contributed by atoms with E-state index in [1.54, 1.807) is 24.3 Å². The first-order chi connectivity index (χ1) is 11.1. The maximum atomic E-state index is 11.9. The second-order valence-electron chi connectivity index (χ2n) is 5.36. The van der Waals surface area contributed by atoms with Gasteiger partial charge in [-0.1, -0.05) is 18.2 Å². The number of carbonyl (C=O) groups is 2. The smallest absolute Gasteiger partial charge is 0.251 e. The van der Waals surface area contributed by atoms with Crippen LogP contribution < -0.4 is 15.5 Å². The number of amides is 2. The molecule has 23 heavy (non-hydrogen) atoms. The monoisotopic (exact) mass is 311 g/mol. The maximum absolute atomic E-state index is 11.9. The first-order valence-corrected chi connectivity index (χ1v) is 7.47. The summed E-state index contributed by atoms with van der Waals surface area (Å²) in [5.74, 6) is -0.301. The summed E-state index contributed by atoms with van der Waals surface area (Å²) in [5.41, 5.74) is 2.40. The van der Waals surface area contributed by atoms with Gasteiger partial charge in [-0.25, -0.2) is 0 Å². The third kappa shape index (κ3) is 5.14. The van der Waals surface area contributed by atoms with Crippen molar-refractivity contribution >= 4 is 23.2 Å². The minimum Gasteiger partial charge on any atom is -0.378 e. The van der Waals surface area contributed by atoms with Crippen molar-refractivity contribution in [1.29, 1.82) is 0 Å². The highest BCUT2D eigenvalue weighted by atomic mass is 16.2. The van der Waals surface area contributed by atoms with E-state index in [2.05, 4.69) is 10.6 Å². The van der Waals surface area contributed by atoms with E-state index in [9.17, 15) is 9.59 Å². The maximum Gasteiger partial charge on any atom is 0.251 e. The largest absolute Gasteiger partial charge is 0.378 e. The van der Waals surface area contributed by atoms with Crippen molar-refractivity contribution in [3.8, 4) is 0 Å². The van der Waals surface area contributed by atoms with Crippen LogP contribution in [0.25, 0.3) is 0 Å². The van der Waals surface area contributed by atoms with Crippen LogP contribution in [-0.4, -0.2) is 32.5 Å². The van der Waals surface area contributed by atoms with Gasteiger partial charge < -0.3 is 15.5 Å². The molecule has 0 aliphatic rings. The Kier molecular flexibility index (Phi) is 5.74. The summed E-state index contributed by atoms with van der Waals surface area (Å²) >= 11 is 0. The lowest BCUT2D eigenvalue weighted by Gasteiger charge is -2.13. The lowest BCUT2D eigenvalue weighted by Crippen LogP contribution is -2.27. The van der Waals surface area contributed by atoms with Crippen LogP contribution in [0, 0.1) is 0 Å². The molecule has 0 saturated carbocycles. The van der Waals surface area contributed by atoms with E-state index < -0.39 is 0 Å². The zero-order valence-corrected chi connectivity index (χ0v) is 13.4. The van der Waals surface area contributed by atoms with Crippen LogP contribution in [0.5, 0.6) is 0 Å². The van der Waals surface area contributed by atoms with Gasteiger partial charge in [0.25, 0.3) is 5.91 Å². The van der Waals surface area contributed by atoms with Crippen LogP contribution in [0.15, 0.2) is 54.6 Å². The molecule has 0 fully saturated rings. The van der Waals surface area contributed by atoms with Gasteiger partial charge in [-0.15, -0.1) is 0 Å². The van der Waals surface area contributed by atoms with Gasteiger partial charge in [0.1, 0.15) is 0 Å². The molecule has 2 amide bonds. The van der Waals surface area contributed by atoms with Crippen LogP contribution in [0.3, 0.4) is 0 Å². The van der Waals surface area contributed by atoms with Gasteiger partial charge in [-0.2, -0.15) is 0 Å². The summed E-state index contributed by atoms with van der Waals surface area (Å²) in [6.07, 6.45) is 0.230. The zero-order valence-electron chi connectivity index (χ0n) is 13.4. The number of hydrogen-bond acceptors (Lipinski definition) is 3. The number of nitrogens with one attached hydrogen (secondary N) is 2. The van der Waals surface area contributed by atoms with Crippen molar-refractivity contribution in [1.82, 2.24) is 5.32 Å². The molecule has 5 nitrogen and oxygen atoms in total. The van der Waals surface area contributed by atoms with E-state index in [1.807, 2.05) is 49.3 Å². The van der Waals surface area contributed by atoms with Crippen molar-refractivity contribution in [2.24, 2.45) is 0 Å². The Bertz CT molecular complexity index is 652. The molecule has 0 unspecified atom stereocenters. The molecule has 2 aromatic rings. The summed E-state index contributed by atoms with van der Waals surface area (Å²) in [4.78, 5) is 25.7. The molecule has 0 atom stereocenters. The number of hydrogen-bond donors (Lipinski definition) is 2. The molecular formula is C18H21N3O2. The van der Waals surface area contributed by atoms with Gasteiger partial charge in [0.15, 0.2) is 0 Å². The van der Waals surface area contributed by atoms with Crippen molar-refractivity contribution < 1.29 is 9.59 Å².